The number of piperazine rings is 1. The number of ether oxygens (including phenoxy) is 1. The van der Waals surface area contributed by atoms with Crippen molar-refractivity contribution in [1.29, 1.82) is 0 Å². The number of halogens is 2. The fourth-order valence-corrected chi connectivity index (χ4v) is 5.83. The highest BCUT2D eigenvalue weighted by Gasteiger charge is 2.35. The second-order valence-corrected chi connectivity index (χ2v) is 10.3. The van der Waals surface area contributed by atoms with Gasteiger partial charge in [-0.1, -0.05) is 11.6 Å². The van der Waals surface area contributed by atoms with E-state index in [1.807, 2.05) is 0 Å². The average Bonchev–Trinajstić information content (AvgIpc) is 2.73. The molecule has 2 fully saturated rings. The summed E-state index contributed by atoms with van der Waals surface area (Å²) in [5, 5.41) is 0.546. The van der Waals surface area contributed by atoms with Gasteiger partial charge in [0.15, 0.2) is 0 Å². The second kappa shape index (κ2) is 9.44. The van der Waals surface area contributed by atoms with E-state index in [1.54, 1.807) is 29.2 Å². The minimum Gasteiger partial charge on any atom is -0.487 e. The lowest BCUT2D eigenvalue weighted by molar-refractivity contribution is -0.137. The molecule has 3 aliphatic rings. The molecule has 30 heavy (non-hydrogen) atoms. The maximum Gasteiger partial charge on any atom is 0.242 e. The van der Waals surface area contributed by atoms with Crippen molar-refractivity contribution in [3.8, 4) is 5.75 Å². The predicted octanol–water partition coefficient (Wildman–Crippen LogP) is 2.49. The summed E-state index contributed by atoms with van der Waals surface area (Å²) < 4.78 is 33.2. The van der Waals surface area contributed by atoms with Crippen molar-refractivity contribution in [1.82, 2.24) is 9.21 Å². The van der Waals surface area contributed by atoms with Gasteiger partial charge in [0.2, 0.25) is 15.9 Å². The van der Waals surface area contributed by atoms with E-state index in [0.717, 1.165) is 25.7 Å². The third kappa shape index (κ3) is 4.78. The van der Waals surface area contributed by atoms with Crippen LogP contribution < -0.4 is 10.5 Å². The van der Waals surface area contributed by atoms with Crippen LogP contribution in [0.2, 0.25) is 5.02 Å². The number of carbonyl (C=O) groups is 1. The Morgan fingerprint density at radius 2 is 1.77 bits per heavy atom. The van der Waals surface area contributed by atoms with E-state index in [-0.39, 0.29) is 41.8 Å². The van der Waals surface area contributed by atoms with Crippen LogP contribution in [-0.2, 0) is 14.8 Å². The van der Waals surface area contributed by atoms with Gasteiger partial charge in [-0.2, -0.15) is 4.31 Å². The van der Waals surface area contributed by atoms with Crippen molar-refractivity contribution in [2.45, 2.75) is 31.7 Å². The fraction of sp³-hybridized carbons (Fsp3) is 0.550. The first-order chi connectivity index (χ1) is 13.8. The van der Waals surface area contributed by atoms with Gasteiger partial charge < -0.3 is 15.4 Å². The van der Waals surface area contributed by atoms with Gasteiger partial charge in [0.1, 0.15) is 12.4 Å². The summed E-state index contributed by atoms with van der Waals surface area (Å²) in [6, 6.07) is 5.34. The van der Waals surface area contributed by atoms with Crippen LogP contribution in [0.1, 0.15) is 31.2 Å². The SMILES string of the molecule is Cl.N[C@H]1CC[C@H](C(=O)N2CCN(S(=O)(=O)C3=Cc4ccc(Cl)cc4OC3)CC2)CC1. The predicted molar refractivity (Wildman–Crippen MR) is 119 cm³/mol. The first-order valence-electron chi connectivity index (χ1n) is 10.0. The molecule has 1 amide bonds. The van der Waals surface area contributed by atoms with Crippen molar-refractivity contribution in [3.05, 3.63) is 33.7 Å². The molecular weight excluding hydrogens is 449 g/mol. The Kier molecular flexibility index (Phi) is 7.35. The highest BCUT2D eigenvalue weighted by Crippen LogP contribution is 2.32. The summed E-state index contributed by atoms with van der Waals surface area (Å²) in [5.74, 6) is 0.745. The molecule has 166 valence electrons. The molecule has 1 saturated heterocycles. The molecule has 7 nitrogen and oxygen atoms in total. The molecule has 10 heteroatoms. The maximum atomic E-state index is 13.1. The van der Waals surface area contributed by atoms with Crippen molar-refractivity contribution in [3.63, 3.8) is 0 Å². The van der Waals surface area contributed by atoms with Crippen LogP contribution in [0.3, 0.4) is 0 Å². The topological polar surface area (TPSA) is 92.9 Å². The lowest BCUT2D eigenvalue weighted by atomic mass is 9.85. The quantitative estimate of drug-likeness (QED) is 0.724. The Morgan fingerprint density at radius 1 is 1.10 bits per heavy atom. The van der Waals surface area contributed by atoms with Crippen molar-refractivity contribution < 1.29 is 17.9 Å². The van der Waals surface area contributed by atoms with E-state index in [0.29, 0.717) is 42.5 Å². The molecule has 0 spiro atoms. The molecule has 1 aromatic rings. The summed E-state index contributed by atoms with van der Waals surface area (Å²) in [6.07, 6.45) is 5.06. The van der Waals surface area contributed by atoms with E-state index in [9.17, 15) is 13.2 Å². The molecule has 0 bridgehead atoms. The summed E-state index contributed by atoms with van der Waals surface area (Å²) in [7, 11) is -3.64. The number of nitrogens with two attached hydrogens (primary N) is 1. The van der Waals surface area contributed by atoms with Gasteiger partial charge in [0, 0.05) is 48.7 Å². The minimum atomic E-state index is -3.64. The molecule has 2 N–H and O–H groups in total. The van der Waals surface area contributed by atoms with E-state index in [1.165, 1.54) is 4.31 Å². The first-order valence-corrected chi connectivity index (χ1v) is 11.8. The standard InChI is InChI=1S/C20H26ClN3O4S.ClH/c21-16-4-1-15-11-18(13-28-19(15)12-16)29(26,27)24-9-7-23(8-10-24)20(25)14-2-5-17(22)6-3-14;/h1,4,11-12,14,17H,2-3,5-10,13,22H2;1H/t14-,17-;. The van der Waals surface area contributed by atoms with E-state index < -0.39 is 10.0 Å². The molecular formula is C20H27Cl2N3O4S. The van der Waals surface area contributed by atoms with Crippen LogP contribution in [0, 0.1) is 5.92 Å². The zero-order chi connectivity index (χ0) is 20.6. The van der Waals surface area contributed by atoms with Crippen LogP contribution in [0.25, 0.3) is 6.08 Å². The molecule has 0 atom stereocenters. The van der Waals surface area contributed by atoms with E-state index >= 15 is 0 Å². The first kappa shape index (κ1) is 23.3. The van der Waals surface area contributed by atoms with Crippen LogP contribution in [0.15, 0.2) is 23.1 Å². The summed E-state index contributed by atoms with van der Waals surface area (Å²) in [5.41, 5.74) is 6.63. The van der Waals surface area contributed by atoms with E-state index in [2.05, 4.69) is 0 Å². The van der Waals surface area contributed by atoms with Gasteiger partial charge in [-0.05, 0) is 50.0 Å². The number of rotatable bonds is 3. The zero-order valence-corrected chi connectivity index (χ0v) is 19.0. The van der Waals surface area contributed by atoms with Crippen LogP contribution in [0.4, 0.5) is 0 Å². The molecule has 0 radical (unpaired) electrons. The maximum absolute atomic E-state index is 13.1. The summed E-state index contributed by atoms with van der Waals surface area (Å²) in [6.45, 7) is 1.41. The Hall–Kier alpha value is -1.32. The van der Waals surface area contributed by atoms with E-state index in [4.69, 9.17) is 22.1 Å². The number of carbonyl (C=O) groups excluding carboxylic acids is 1. The monoisotopic (exact) mass is 475 g/mol. The molecule has 2 aliphatic heterocycles. The smallest absolute Gasteiger partial charge is 0.242 e. The fourth-order valence-electron chi connectivity index (χ4n) is 4.20. The highest BCUT2D eigenvalue weighted by atomic mass is 35.5. The van der Waals surface area contributed by atoms with Crippen LogP contribution in [-0.4, -0.2) is 62.4 Å². The number of hydrogen-bond acceptors (Lipinski definition) is 5. The van der Waals surface area contributed by atoms with Gasteiger partial charge in [-0.25, -0.2) is 8.42 Å². The number of fused-ring (bicyclic) bond motifs is 1. The molecule has 0 unspecified atom stereocenters. The molecule has 0 aromatic heterocycles. The Bertz CT molecular complexity index is 922. The number of amides is 1. The lowest BCUT2D eigenvalue weighted by Crippen LogP contribution is -2.52. The minimum absolute atomic E-state index is 0. The Labute approximate surface area is 188 Å². The van der Waals surface area contributed by atoms with Gasteiger partial charge >= 0.3 is 0 Å². The normalized spacial score (nSPS) is 24.9. The number of benzene rings is 1. The second-order valence-electron chi connectivity index (χ2n) is 7.92. The van der Waals surface area contributed by atoms with Gasteiger partial charge in [0.05, 0.1) is 4.91 Å². The highest BCUT2D eigenvalue weighted by molar-refractivity contribution is 7.93. The molecule has 4 rings (SSSR count). The van der Waals surface area contributed by atoms with Crippen molar-refractivity contribution >= 4 is 46.0 Å². The molecule has 1 aliphatic carbocycles. The molecule has 1 aromatic carbocycles. The van der Waals surface area contributed by atoms with Crippen molar-refractivity contribution in [2.75, 3.05) is 32.8 Å². The van der Waals surface area contributed by atoms with Gasteiger partial charge in [-0.3, -0.25) is 4.79 Å². The largest absolute Gasteiger partial charge is 0.487 e. The molecule has 1 saturated carbocycles. The summed E-state index contributed by atoms with van der Waals surface area (Å²) >= 11 is 5.96. The third-order valence-corrected chi connectivity index (χ3v) is 8.18. The number of hydrogen-bond donors (Lipinski definition) is 1. The zero-order valence-electron chi connectivity index (χ0n) is 16.6. The van der Waals surface area contributed by atoms with Gasteiger partial charge in [0.25, 0.3) is 0 Å². The van der Waals surface area contributed by atoms with Crippen LogP contribution in [0.5, 0.6) is 5.75 Å². The van der Waals surface area contributed by atoms with Gasteiger partial charge in [-0.15, -0.1) is 12.4 Å². The number of sulfonamides is 1. The van der Waals surface area contributed by atoms with Crippen LogP contribution >= 0.6 is 24.0 Å². The molecule has 2 heterocycles. The number of nitrogens with zero attached hydrogens (tertiary/aromatic N) is 2. The Balaban J connectivity index is 0.00000256. The lowest BCUT2D eigenvalue weighted by Gasteiger charge is -2.37. The van der Waals surface area contributed by atoms with Crippen molar-refractivity contribution in [2.24, 2.45) is 11.7 Å². The third-order valence-electron chi connectivity index (χ3n) is 6.00. The average molecular weight is 476 g/mol. The Morgan fingerprint density at radius 3 is 2.43 bits per heavy atom. The summed E-state index contributed by atoms with van der Waals surface area (Å²) in [4.78, 5) is 14.8.